The Hall–Kier alpha value is -2.63. The van der Waals surface area contributed by atoms with Crippen molar-refractivity contribution >= 4 is 17.7 Å². The third kappa shape index (κ3) is 3.23. The van der Waals surface area contributed by atoms with Gasteiger partial charge in [-0.1, -0.05) is 36.9 Å². The van der Waals surface area contributed by atoms with Crippen LogP contribution >= 0.6 is 0 Å². The second kappa shape index (κ2) is 6.01. The predicted octanol–water partition coefficient (Wildman–Crippen LogP) is 3.08. The highest BCUT2D eigenvalue weighted by atomic mass is 16.6. The lowest BCUT2D eigenvalue weighted by atomic mass is 10.1. The molecule has 0 aliphatic rings. The number of nitrogens with zero attached hydrogens (tertiary/aromatic N) is 3. The van der Waals surface area contributed by atoms with E-state index in [9.17, 15) is 4.79 Å². The van der Waals surface area contributed by atoms with E-state index in [0.717, 1.165) is 5.56 Å². The van der Waals surface area contributed by atoms with Crippen LogP contribution in [0.3, 0.4) is 0 Å². The molecule has 2 rings (SSSR count). The van der Waals surface area contributed by atoms with Crippen molar-refractivity contribution in [2.24, 2.45) is 0 Å². The zero-order valence-corrected chi connectivity index (χ0v) is 11.4. The normalized spacial score (nSPS) is 11.7. The first-order valence-corrected chi connectivity index (χ1v) is 6.16. The summed E-state index contributed by atoms with van der Waals surface area (Å²) in [5, 5.41) is 10.1. The Kier molecular flexibility index (Phi) is 4.14. The van der Waals surface area contributed by atoms with Crippen molar-refractivity contribution in [2.45, 2.75) is 20.0 Å². The molecule has 104 valence electrons. The molecule has 1 atom stereocenters. The van der Waals surface area contributed by atoms with Crippen LogP contribution in [0.5, 0.6) is 0 Å². The van der Waals surface area contributed by atoms with Crippen molar-refractivity contribution in [3.63, 3.8) is 0 Å². The summed E-state index contributed by atoms with van der Waals surface area (Å²) in [7, 11) is 0. The average molecular weight is 272 g/mol. The number of aromatic nitrogens is 3. The Balaban J connectivity index is 1.99. The van der Waals surface area contributed by atoms with E-state index < -0.39 is 6.09 Å². The van der Waals surface area contributed by atoms with Crippen LogP contribution in [0.2, 0.25) is 0 Å². The highest BCUT2D eigenvalue weighted by Crippen LogP contribution is 2.17. The minimum atomic E-state index is -0.586. The smallest absolute Gasteiger partial charge is 0.414 e. The largest absolute Gasteiger partial charge is 0.441 e. The molecule has 1 aromatic carbocycles. The quantitative estimate of drug-likeness (QED) is 0.928. The second-order valence-corrected chi connectivity index (χ2v) is 4.34. The summed E-state index contributed by atoms with van der Waals surface area (Å²) < 4.78 is 6.85. The summed E-state index contributed by atoms with van der Waals surface area (Å²) >= 11 is 0. The van der Waals surface area contributed by atoms with Crippen molar-refractivity contribution < 1.29 is 9.53 Å². The van der Waals surface area contributed by atoms with E-state index >= 15 is 0 Å². The standard InChI is InChI=1S/C14H16N4O2/c1-10(2)18-9-15-17-13(18)16-14(19)20-11(3)12-7-5-4-6-8-12/h4-9,11H,1H2,2-3H3,(H,16,17,19). The van der Waals surface area contributed by atoms with Gasteiger partial charge < -0.3 is 4.74 Å². The van der Waals surface area contributed by atoms with E-state index in [1.54, 1.807) is 18.4 Å². The third-order valence-corrected chi connectivity index (χ3v) is 2.73. The number of carbonyl (C=O) groups is 1. The molecule has 0 spiro atoms. The van der Waals surface area contributed by atoms with Crippen LogP contribution in [0.1, 0.15) is 25.5 Å². The number of hydrogen-bond acceptors (Lipinski definition) is 4. The van der Waals surface area contributed by atoms with Gasteiger partial charge in [-0.05, 0) is 19.4 Å². The van der Waals surface area contributed by atoms with Crippen LogP contribution in [0.4, 0.5) is 10.7 Å². The van der Waals surface area contributed by atoms with E-state index in [2.05, 4.69) is 22.1 Å². The topological polar surface area (TPSA) is 69.0 Å². The molecule has 0 aliphatic carbocycles. The van der Waals surface area contributed by atoms with Gasteiger partial charge in [-0.3, -0.25) is 9.88 Å². The van der Waals surface area contributed by atoms with Gasteiger partial charge in [0.1, 0.15) is 12.4 Å². The molecule has 1 heterocycles. The Bertz CT molecular complexity index is 607. The molecule has 6 heteroatoms. The second-order valence-electron chi connectivity index (χ2n) is 4.34. The summed E-state index contributed by atoms with van der Waals surface area (Å²) in [4.78, 5) is 11.8. The average Bonchev–Trinajstić information content (AvgIpc) is 2.87. The molecule has 0 fully saturated rings. The summed E-state index contributed by atoms with van der Waals surface area (Å²) in [5.41, 5.74) is 1.62. The van der Waals surface area contributed by atoms with Crippen molar-refractivity contribution in [3.8, 4) is 0 Å². The molecule has 0 radical (unpaired) electrons. The molecule has 0 saturated carbocycles. The number of benzene rings is 1. The zero-order chi connectivity index (χ0) is 14.5. The number of amides is 1. The lowest BCUT2D eigenvalue weighted by Crippen LogP contribution is -2.18. The molecule has 1 aromatic heterocycles. The van der Waals surface area contributed by atoms with Gasteiger partial charge >= 0.3 is 6.09 Å². The number of allylic oxidation sites excluding steroid dienone is 1. The number of anilines is 1. The number of carbonyl (C=O) groups excluding carboxylic acids is 1. The van der Waals surface area contributed by atoms with Crippen LogP contribution < -0.4 is 5.32 Å². The Morgan fingerprint density at radius 3 is 2.75 bits per heavy atom. The van der Waals surface area contributed by atoms with Crippen molar-refractivity contribution in [2.75, 3.05) is 5.32 Å². The highest BCUT2D eigenvalue weighted by molar-refractivity contribution is 5.83. The molecule has 1 N–H and O–H groups in total. The molecule has 20 heavy (non-hydrogen) atoms. The molecule has 0 aliphatic heterocycles. The predicted molar refractivity (Wildman–Crippen MR) is 76.0 cm³/mol. The van der Waals surface area contributed by atoms with Crippen LogP contribution in [-0.4, -0.2) is 20.9 Å². The van der Waals surface area contributed by atoms with Gasteiger partial charge in [0.2, 0.25) is 5.95 Å². The maximum Gasteiger partial charge on any atom is 0.414 e. The number of nitrogens with one attached hydrogen (secondary N) is 1. The highest BCUT2D eigenvalue weighted by Gasteiger charge is 2.14. The van der Waals surface area contributed by atoms with Gasteiger partial charge in [-0.2, -0.15) is 0 Å². The van der Waals surface area contributed by atoms with Gasteiger partial charge in [0, 0.05) is 5.70 Å². The molecule has 2 aromatic rings. The molecule has 0 saturated heterocycles. The lowest BCUT2D eigenvalue weighted by Gasteiger charge is -2.14. The minimum absolute atomic E-state index is 0.280. The maximum absolute atomic E-state index is 11.8. The fraction of sp³-hybridized carbons (Fsp3) is 0.214. The summed E-state index contributed by atoms with van der Waals surface area (Å²) in [6.45, 7) is 7.35. The molecule has 6 nitrogen and oxygen atoms in total. The number of ether oxygens (including phenoxy) is 1. The zero-order valence-electron chi connectivity index (χ0n) is 11.4. The lowest BCUT2D eigenvalue weighted by molar-refractivity contribution is 0.121. The van der Waals surface area contributed by atoms with E-state index in [1.807, 2.05) is 30.3 Å². The molecular formula is C14H16N4O2. The van der Waals surface area contributed by atoms with Crippen LogP contribution in [0, 0.1) is 0 Å². The number of rotatable bonds is 4. The van der Waals surface area contributed by atoms with E-state index in [1.165, 1.54) is 6.33 Å². The van der Waals surface area contributed by atoms with Gasteiger partial charge in [0.15, 0.2) is 0 Å². The molecular weight excluding hydrogens is 256 g/mol. The van der Waals surface area contributed by atoms with Crippen LogP contribution in [-0.2, 0) is 4.74 Å². The van der Waals surface area contributed by atoms with Crippen LogP contribution in [0.15, 0.2) is 43.2 Å². The molecule has 1 unspecified atom stereocenters. The molecule has 0 bridgehead atoms. The van der Waals surface area contributed by atoms with E-state index in [4.69, 9.17) is 4.74 Å². The van der Waals surface area contributed by atoms with Gasteiger partial charge in [-0.15, -0.1) is 10.2 Å². The number of hydrogen-bond donors (Lipinski definition) is 1. The van der Waals surface area contributed by atoms with E-state index in [-0.39, 0.29) is 12.1 Å². The molecule has 1 amide bonds. The fourth-order valence-electron chi connectivity index (χ4n) is 1.67. The van der Waals surface area contributed by atoms with Crippen LogP contribution in [0.25, 0.3) is 5.70 Å². The Morgan fingerprint density at radius 1 is 1.40 bits per heavy atom. The first-order chi connectivity index (χ1) is 9.58. The Labute approximate surface area is 117 Å². The maximum atomic E-state index is 11.8. The fourth-order valence-corrected chi connectivity index (χ4v) is 1.67. The first kappa shape index (κ1) is 13.8. The van der Waals surface area contributed by atoms with Gasteiger partial charge in [0.05, 0.1) is 0 Å². The third-order valence-electron chi connectivity index (χ3n) is 2.73. The van der Waals surface area contributed by atoms with Crippen molar-refractivity contribution in [1.29, 1.82) is 0 Å². The van der Waals surface area contributed by atoms with Crippen molar-refractivity contribution in [3.05, 3.63) is 48.8 Å². The summed E-state index contributed by atoms with van der Waals surface area (Å²) in [6.07, 6.45) is 0.535. The summed E-state index contributed by atoms with van der Waals surface area (Å²) in [5.74, 6) is 0.280. The monoisotopic (exact) mass is 272 g/mol. The van der Waals surface area contributed by atoms with Gasteiger partial charge in [0.25, 0.3) is 0 Å². The SMILES string of the molecule is C=C(C)n1cnnc1NC(=O)OC(C)c1ccccc1. The van der Waals surface area contributed by atoms with Gasteiger partial charge in [-0.25, -0.2) is 4.79 Å². The van der Waals surface area contributed by atoms with Crippen molar-refractivity contribution in [1.82, 2.24) is 14.8 Å². The van der Waals surface area contributed by atoms with E-state index in [0.29, 0.717) is 5.70 Å². The summed E-state index contributed by atoms with van der Waals surface area (Å²) in [6, 6.07) is 9.49. The Morgan fingerprint density at radius 2 is 2.10 bits per heavy atom. The minimum Gasteiger partial charge on any atom is -0.441 e. The first-order valence-electron chi connectivity index (χ1n) is 6.16.